The summed E-state index contributed by atoms with van der Waals surface area (Å²) in [5.41, 5.74) is 5.18. The van der Waals surface area contributed by atoms with E-state index in [0.717, 1.165) is 25.7 Å². The first-order chi connectivity index (χ1) is 5.20. The number of nitrogens with zero attached hydrogens (tertiary/aromatic N) is 1. The first kappa shape index (κ1) is 8.51. The van der Waals surface area contributed by atoms with Gasteiger partial charge in [0.1, 0.15) is 0 Å². The second-order valence-electron chi connectivity index (χ2n) is 3.15. The topological polar surface area (TPSA) is 39.6 Å². The van der Waals surface area contributed by atoms with Crippen molar-refractivity contribution in [2.45, 2.75) is 37.5 Å². The highest BCUT2D eigenvalue weighted by Gasteiger charge is 2.36. The van der Waals surface area contributed by atoms with Crippen LogP contribution in [0.4, 0.5) is 0 Å². The highest BCUT2D eigenvalue weighted by Crippen LogP contribution is 2.28. The Balaban J connectivity index is 2.43. The van der Waals surface area contributed by atoms with E-state index in [0.29, 0.717) is 6.10 Å². The van der Waals surface area contributed by atoms with Crippen LogP contribution in [0, 0.1) is 6.57 Å². The second kappa shape index (κ2) is 3.21. The fourth-order valence-electron chi connectivity index (χ4n) is 1.44. The minimum absolute atomic E-state index is 0.327. The van der Waals surface area contributed by atoms with Gasteiger partial charge in [-0.3, -0.25) is 10.6 Å². The predicted octanol–water partition coefficient (Wildman–Crippen LogP) is 1.15. The molecule has 2 N–H and O–H groups in total. The lowest BCUT2D eigenvalue weighted by Gasteiger charge is -2.27. The molecular formula is C8H14N2O. The molecule has 1 aliphatic rings. The van der Waals surface area contributed by atoms with Gasteiger partial charge in [0.2, 0.25) is 0 Å². The van der Waals surface area contributed by atoms with Gasteiger partial charge >= 0.3 is 0 Å². The van der Waals surface area contributed by atoms with E-state index in [9.17, 15) is 0 Å². The summed E-state index contributed by atoms with van der Waals surface area (Å²) in [5.74, 6) is 0. The van der Waals surface area contributed by atoms with Crippen molar-refractivity contribution in [3.05, 3.63) is 11.4 Å². The number of rotatable bonds is 1. The third-order valence-corrected chi connectivity index (χ3v) is 2.35. The highest BCUT2D eigenvalue weighted by atomic mass is 16.5. The zero-order valence-electron chi connectivity index (χ0n) is 6.84. The van der Waals surface area contributed by atoms with Gasteiger partial charge in [-0.2, -0.15) is 0 Å². The van der Waals surface area contributed by atoms with Crippen molar-refractivity contribution in [1.29, 1.82) is 0 Å². The van der Waals surface area contributed by atoms with E-state index >= 15 is 0 Å². The quantitative estimate of drug-likeness (QED) is 0.575. The lowest BCUT2D eigenvalue weighted by molar-refractivity contribution is 0.0571. The molecule has 0 aromatic rings. The maximum Gasteiger partial charge on any atom is 0.283 e. The fourth-order valence-corrected chi connectivity index (χ4v) is 1.44. The summed E-state index contributed by atoms with van der Waals surface area (Å²) in [6, 6.07) is 0. The standard InChI is InChI=1S/C8H14N2O/c1-10-8(9)5-3-7(11-2)4-6-8/h7H,3-6,9H2,2H3. The minimum Gasteiger partial charge on any atom is -0.381 e. The van der Waals surface area contributed by atoms with Crippen LogP contribution in [-0.4, -0.2) is 18.9 Å². The maximum absolute atomic E-state index is 6.88. The normalized spacial score (nSPS) is 38.1. The molecule has 1 fully saturated rings. The molecule has 11 heavy (non-hydrogen) atoms. The van der Waals surface area contributed by atoms with Gasteiger partial charge in [-0.25, -0.2) is 6.57 Å². The summed E-state index contributed by atoms with van der Waals surface area (Å²) in [5, 5.41) is 0. The Hall–Kier alpha value is -0.590. The Morgan fingerprint density at radius 2 is 2.09 bits per heavy atom. The Bertz CT molecular complexity index is 165. The highest BCUT2D eigenvalue weighted by molar-refractivity contribution is 4.96. The molecule has 62 valence electrons. The van der Waals surface area contributed by atoms with Crippen LogP contribution in [0.15, 0.2) is 0 Å². The van der Waals surface area contributed by atoms with Crippen molar-refractivity contribution < 1.29 is 4.74 Å². The third kappa shape index (κ3) is 1.92. The largest absolute Gasteiger partial charge is 0.381 e. The van der Waals surface area contributed by atoms with E-state index in [-0.39, 0.29) is 0 Å². The molecule has 1 saturated carbocycles. The number of hydrogen-bond donors (Lipinski definition) is 1. The van der Waals surface area contributed by atoms with Gasteiger partial charge in [0, 0.05) is 20.0 Å². The SMILES string of the molecule is [C-]#[N+]C1(N)CCC(OC)CC1. The average molecular weight is 154 g/mol. The van der Waals surface area contributed by atoms with Crippen LogP contribution < -0.4 is 5.73 Å². The summed E-state index contributed by atoms with van der Waals surface area (Å²) < 4.78 is 5.17. The molecule has 0 amide bonds. The van der Waals surface area contributed by atoms with E-state index in [1.807, 2.05) is 0 Å². The number of nitrogens with two attached hydrogens (primary N) is 1. The molecule has 0 unspecified atom stereocenters. The fraction of sp³-hybridized carbons (Fsp3) is 0.875. The van der Waals surface area contributed by atoms with Crippen molar-refractivity contribution in [3.8, 4) is 0 Å². The van der Waals surface area contributed by atoms with Crippen molar-refractivity contribution in [3.63, 3.8) is 0 Å². The summed E-state index contributed by atoms with van der Waals surface area (Å²) in [6.07, 6.45) is 3.72. The van der Waals surface area contributed by atoms with E-state index in [4.69, 9.17) is 17.0 Å². The average Bonchev–Trinajstić information content (AvgIpc) is 2.06. The Labute approximate surface area is 67.3 Å². The predicted molar refractivity (Wildman–Crippen MR) is 42.8 cm³/mol. The molecule has 0 aliphatic heterocycles. The van der Waals surface area contributed by atoms with Crippen LogP contribution in [0.2, 0.25) is 0 Å². The lowest BCUT2D eigenvalue weighted by atomic mass is 9.88. The Kier molecular flexibility index (Phi) is 2.48. The van der Waals surface area contributed by atoms with Gasteiger partial charge in [-0.05, 0) is 12.8 Å². The van der Waals surface area contributed by atoms with Crippen molar-refractivity contribution in [2.75, 3.05) is 7.11 Å². The molecule has 3 heteroatoms. The lowest BCUT2D eigenvalue weighted by Crippen LogP contribution is -2.41. The minimum atomic E-state index is -0.588. The third-order valence-electron chi connectivity index (χ3n) is 2.35. The zero-order chi connectivity index (χ0) is 8.32. The summed E-state index contributed by atoms with van der Waals surface area (Å²) in [7, 11) is 1.71. The Morgan fingerprint density at radius 1 is 1.55 bits per heavy atom. The summed E-state index contributed by atoms with van der Waals surface area (Å²) >= 11 is 0. The van der Waals surface area contributed by atoms with E-state index in [1.54, 1.807) is 7.11 Å². The number of methoxy groups -OCH3 is 1. The molecule has 1 aliphatic carbocycles. The van der Waals surface area contributed by atoms with Crippen LogP contribution in [0.3, 0.4) is 0 Å². The van der Waals surface area contributed by atoms with E-state index < -0.39 is 5.66 Å². The first-order valence-electron chi connectivity index (χ1n) is 3.90. The molecular weight excluding hydrogens is 140 g/mol. The molecule has 0 aromatic carbocycles. The summed E-state index contributed by atoms with van der Waals surface area (Å²) in [4.78, 5) is 3.42. The van der Waals surface area contributed by atoms with E-state index in [1.165, 1.54) is 0 Å². The number of hydrogen-bond acceptors (Lipinski definition) is 2. The van der Waals surface area contributed by atoms with Crippen LogP contribution in [0.5, 0.6) is 0 Å². The summed E-state index contributed by atoms with van der Waals surface area (Å²) in [6.45, 7) is 6.88. The Morgan fingerprint density at radius 3 is 2.45 bits per heavy atom. The molecule has 1 rings (SSSR count). The molecule has 0 radical (unpaired) electrons. The van der Waals surface area contributed by atoms with Crippen LogP contribution >= 0.6 is 0 Å². The second-order valence-corrected chi connectivity index (χ2v) is 3.15. The number of ether oxygens (including phenoxy) is 1. The maximum atomic E-state index is 6.88. The van der Waals surface area contributed by atoms with Gasteiger partial charge in [0.15, 0.2) is 0 Å². The zero-order valence-corrected chi connectivity index (χ0v) is 6.84. The van der Waals surface area contributed by atoms with Gasteiger partial charge < -0.3 is 4.74 Å². The van der Waals surface area contributed by atoms with Gasteiger partial charge in [0.05, 0.1) is 6.10 Å². The molecule has 0 saturated heterocycles. The molecule has 3 nitrogen and oxygen atoms in total. The monoisotopic (exact) mass is 154 g/mol. The van der Waals surface area contributed by atoms with Crippen LogP contribution in [0.1, 0.15) is 25.7 Å². The first-order valence-corrected chi connectivity index (χ1v) is 3.90. The molecule has 0 bridgehead atoms. The smallest absolute Gasteiger partial charge is 0.283 e. The van der Waals surface area contributed by atoms with Gasteiger partial charge in [-0.15, -0.1) is 0 Å². The molecule has 0 spiro atoms. The molecule has 0 atom stereocenters. The van der Waals surface area contributed by atoms with Crippen LogP contribution in [-0.2, 0) is 4.74 Å². The van der Waals surface area contributed by atoms with Crippen molar-refractivity contribution in [2.24, 2.45) is 5.73 Å². The van der Waals surface area contributed by atoms with Gasteiger partial charge in [-0.1, -0.05) is 0 Å². The van der Waals surface area contributed by atoms with Crippen molar-refractivity contribution in [1.82, 2.24) is 0 Å². The van der Waals surface area contributed by atoms with E-state index in [2.05, 4.69) is 4.85 Å². The molecule has 0 heterocycles. The van der Waals surface area contributed by atoms with Gasteiger partial charge in [0.25, 0.3) is 5.66 Å². The van der Waals surface area contributed by atoms with Crippen LogP contribution in [0.25, 0.3) is 4.85 Å². The van der Waals surface area contributed by atoms with Crippen molar-refractivity contribution >= 4 is 0 Å². The molecule has 0 aromatic heterocycles.